The molecule has 10 heavy (non-hydrogen) atoms. The Morgan fingerprint density at radius 1 is 1.60 bits per heavy atom. The van der Waals surface area contributed by atoms with E-state index in [2.05, 4.69) is 18.7 Å². The molecule has 0 aromatic heterocycles. The lowest BCUT2D eigenvalue weighted by Gasteiger charge is -2.15. The van der Waals surface area contributed by atoms with Gasteiger partial charge in [0.05, 0.1) is 0 Å². The number of rotatable bonds is 2. The molecule has 0 amide bonds. The molecular formula is C8H15FN. The molecule has 0 spiro atoms. The van der Waals surface area contributed by atoms with Crippen molar-refractivity contribution in [2.75, 3.05) is 19.6 Å². The second-order valence-corrected chi connectivity index (χ2v) is 3.33. The van der Waals surface area contributed by atoms with Crippen LogP contribution < -0.4 is 0 Å². The SMILES string of the molecule is C[C](C)CN1CCC(F)C1. The zero-order chi connectivity index (χ0) is 7.56. The minimum absolute atomic E-state index is 0.570. The largest absolute Gasteiger partial charge is 0.300 e. The predicted octanol–water partition coefficient (Wildman–Crippen LogP) is 1.64. The summed E-state index contributed by atoms with van der Waals surface area (Å²) < 4.78 is 12.6. The van der Waals surface area contributed by atoms with Crippen LogP contribution in [0.1, 0.15) is 20.3 Å². The summed E-state index contributed by atoms with van der Waals surface area (Å²) >= 11 is 0. The molecule has 1 heterocycles. The summed E-state index contributed by atoms with van der Waals surface area (Å²) in [5, 5.41) is 0. The van der Waals surface area contributed by atoms with E-state index in [1.165, 1.54) is 5.92 Å². The van der Waals surface area contributed by atoms with Gasteiger partial charge in [0.15, 0.2) is 0 Å². The molecule has 0 saturated carbocycles. The van der Waals surface area contributed by atoms with Crippen molar-refractivity contribution in [3.63, 3.8) is 0 Å². The Labute approximate surface area is 62.2 Å². The topological polar surface area (TPSA) is 3.24 Å². The van der Waals surface area contributed by atoms with E-state index in [1.54, 1.807) is 0 Å². The van der Waals surface area contributed by atoms with Crippen molar-refractivity contribution in [2.45, 2.75) is 26.4 Å². The molecule has 0 aliphatic carbocycles. The number of hydrogen-bond acceptors (Lipinski definition) is 1. The van der Waals surface area contributed by atoms with Crippen molar-refractivity contribution < 1.29 is 4.39 Å². The summed E-state index contributed by atoms with van der Waals surface area (Å²) in [6, 6.07) is 0. The maximum atomic E-state index is 12.6. The highest BCUT2D eigenvalue weighted by Gasteiger charge is 2.21. The summed E-state index contributed by atoms with van der Waals surface area (Å²) in [6.07, 6.45) is 0.159. The third-order valence-electron chi connectivity index (χ3n) is 1.75. The molecular weight excluding hydrogens is 129 g/mol. The van der Waals surface area contributed by atoms with E-state index in [-0.39, 0.29) is 0 Å². The Bertz CT molecular complexity index is 103. The highest BCUT2D eigenvalue weighted by Crippen LogP contribution is 2.13. The van der Waals surface area contributed by atoms with Gasteiger partial charge in [0, 0.05) is 19.6 Å². The average Bonchev–Trinajstić information content (AvgIpc) is 2.13. The minimum atomic E-state index is -0.570. The molecule has 1 atom stereocenters. The van der Waals surface area contributed by atoms with Crippen molar-refractivity contribution in [1.29, 1.82) is 0 Å². The molecule has 1 nitrogen and oxygen atoms in total. The third-order valence-corrected chi connectivity index (χ3v) is 1.75. The molecule has 1 fully saturated rings. The van der Waals surface area contributed by atoms with Gasteiger partial charge in [0.25, 0.3) is 0 Å². The Hall–Kier alpha value is -0.110. The fourth-order valence-corrected chi connectivity index (χ4v) is 1.38. The summed E-state index contributed by atoms with van der Waals surface area (Å²) in [5.74, 6) is 1.37. The van der Waals surface area contributed by atoms with E-state index < -0.39 is 6.17 Å². The number of likely N-dealkylation sites (tertiary alicyclic amines) is 1. The zero-order valence-corrected chi connectivity index (χ0v) is 6.73. The summed E-state index contributed by atoms with van der Waals surface area (Å²) in [5.41, 5.74) is 0. The van der Waals surface area contributed by atoms with Crippen molar-refractivity contribution in [2.24, 2.45) is 0 Å². The Morgan fingerprint density at radius 3 is 2.70 bits per heavy atom. The highest BCUT2D eigenvalue weighted by molar-refractivity contribution is 4.86. The Morgan fingerprint density at radius 2 is 2.30 bits per heavy atom. The molecule has 0 N–H and O–H groups in total. The van der Waals surface area contributed by atoms with Crippen LogP contribution in [0.15, 0.2) is 0 Å². The molecule has 1 aliphatic heterocycles. The van der Waals surface area contributed by atoms with Gasteiger partial charge in [-0.2, -0.15) is 0 Å². The molecule has 0 aromatic rings. The first-order chi connectivity index (χ1) is 4.68. The van der Waals surface area contributed by atoms with Crippen molar-refractivity contribution in [3.05, 3.63) is 5.92 Å². The third kappa shape index (κ3) is 2.25. The van der Waals surface area contributed by atoms with Gasteiger partial charge < -0.3 is 0 Å². The maximum absolute atomic E-state index is 12.6. The van der Waals surface area contributed by atoms with Gasteiger partial charge in [-0.05, 0) is 12.3 Å². The quantitative estimate of drug-likeness (QED) is 0.569. The lowest BCUT2D eigenvalue weighted by Crippen LogP contribution is -2.24. The fraction of sp³-hybridized carbons (Fsp3) is 0.875. The van der Waals surface area contributed by atoms with Crippen LogP contribution in [0.5, 0.6) is 0 Å². The highest BCUT2D eigenvalue weighted by atomic mass is 19.1. The van der Waals surface area contributed by atoms with Gasteiger partial charge in [-0.25, -0.2) is 4.39 Å². The zero-order valence-electron chi connectivity index (χ0n) is 6.73. The van der Waals surface area contributed by atoms with Crippen molar-refractivity contribution in [1.82, 2.24) is 4.90 Å². The molecule has 1 aliphatic rings. The van der Waals surface area contributed by atoms with Crippen LogP contribution in [0, 0.1) is 5.92 Å². The van der Waals surface area contributed by atoms with E-state index in [4.69, 9.17) is 0 Å². The molecule has 1 unspecified atom stereocenters. The first-order valence-electron chi connectivity index (χ1n) is 3.84. The van der Waals surface area contributed by atoms with Crippen LogP contribution in [0.4, 0.5) is 4.39 Å². The average molecular weight is 144 g/mol. The van der Waals surface area contributed by atoms with Crippen LogP contribution in [0.25, 0.3) is 0 Å². The standard InChI is InChI=1S/C8H15FN/c1-7(2)5-10-4-3-8(9)6-10/h8H,3-6H2,1-2H3. The molecule has 1 saturated heterocycles. The normalized spacial score (nSPS) is 28.2. The number of nitrogens with zero attached hydrogens (tertiary/aromatic N) is 1. The molecule has 1 rings (SSSR count). The minimum Gasteiger partial charge on any atom is -0.300 e. The predicted molar refractivity (Wildman–Crippen MR) is 40.5 cm³/mol. The van der Waals surface area contributed by atoms with Gasteiger partial charge in [-0.3, -0.25) is 4.90 Å². The monoisotopic (exact) mass is 144 g/mol. The Kier molecular flexibility index (Phi) is 2.66. The van der Waals surface area contributed by atoms with E-state index >= 15 is 0 Å². The smallest absolute Gasteiger partial charge is 0.114 e. The lowest BCUT2D eigenvalue weighted by molar-refractivity contribution is 0.295. The Balaban J connectivity index is 2.18. The first kappa shape index (κ1) is 7.99. The van der Waals surface area contributed by atoms with Crippen LogP contribution in [0.3, 0.4) is 0 Å². The molecule has 59 valence electrons. The van der Waals surface area contributed by atoms with E-state index in [0.717, 1.165) is 19.5 Å². The van der Waals surface area contributed by atoms with Crippen LogP contribution in [0.2, 0.25) is 0 Å². The van der Waals surface area contributed by atoms with E-state index in [1.807, 2.05) is 0 Å². The molecule has 1 radical (unpaired) electrons. The van der Waals surface area contributed by atoms with Gasteiger partial charge in [-0.1, -0.05) is 13.8 Å². The molecule has 2 heteroatoms. The number of hydrogen-bond donors (Lipinski definition) is 0. The summed E-state index contributed by atoms with van der Waals surface area (Å²) in [7, 11) is 0. The maximum Gasteiger partial charge on any atom is 0.114 e. The van der Waals surface area contributed by atoms with Crippen LogP contribution in [-0.4, -0.2) is 30.7 Å². The van der Waals surface area contributed by atoms with Gasteiger partial charge in [0.1, 0.15) is 6.17 Å². The number of alkyl halides is 1. The fourth-order valence-electron chi connectivity index (χ4n) is 1.38. The van der Waals surface area contributed by atoms with E-state index in [0.29, 0.717) is 6.54 Å². The van der Waals surface area contributed by atoms with Gasteiger partial charge >= 0.3 is 0 Å². The van der Waals surface area contributed by atoms with Crippen molar-refractivity contribution in [3.8, 4) is 0 Å². The second kappa shape index (κ2) is 3.33. The van der Waals surface area contributed by atoms with E-state index in [9.17, 15) is 4.39 Å². The van der Waals surface area contributed by atoms with Crippen LogP contribution in [-0.2, 0) is 0 Å². The number of halogens is 1. The second-order valence-electron chi connectivity index (χ2n) is 3.33. The lowest BCUT2D eigenvalue weighted by atomic mass is 10.2. The van der Waals surface area contributed by atoms with Gasteiger partial charge in [-0.15, -0.1) is 0 Å². The molecule has 0 aromatic carbocycles. The van der Waals surface area contributed by atoms with Crippen LogP contribution >= 0.6 is 0 Å². The summed E-state index contributed by atoms with van der Waals surface area (Å²) in [4.78, 5) is 2.17. The van der Waals surface area contributed by atoms with Gasteiger partial charge in [0.2, 0.25) is 0 Å². The van der Waals surface area contributed by atoms with Crippen molar-refractivity contribution >= 4 is 0 Å². The first-order valence-corrected chi connectivity index (χ1v) is 3.84. The summed E-state index contributed by atoms with van der Waals surface area (Å²) in [6.45, 7) is 6.73. The molecule has 0 bridgehead atoms.